The van der Waals surface area contributed by atoms with Crippen molar-refractivity contribution in [3.8, 4) is 11.5 Å². The molecule has 2 rings (SSSR count). The topological polar surface area (TPSA) is 89.0 Å². The van der Waals surface area contributed by atoms with Crippen LogP contribution in [0.3, 0.4) is 0 Å². The highest BCUT2D eigenvalue weighted by Crippen LogP contribution is 2.32. The van der Waals surface area contributed by atoms with Crippen molar-refractivity contribution in [3.63, 3.8) is 0 Å². The maximum absolute atomic E-state index is 13.5. The molecule has 7 nitrogen and oxygen atoms in total. The molecule has 0 spiro atoms. The molecule has 0 fully saturated rings. The number of rotatable bonds is 7. The van der Waals surface area contributed by atoms with Crippen molar-refractivity contribution in [2.45, 2.75) is 6.42 Å². The number of hydrogen-bond donors (Lipinski definition) is 2. The predicted octanol–water partition coefficient (Wildman–Crippen LogP) is 3.08. The lowest BCUT2D eigenvalue weighted by Gasteiger charge is -2.09. The van der Waals surface area contributed by atoms with Gasteiger partial charge in [-0.15, -0.1) is 0 Å². The molecule has 0 radical (unpaired) electrons. The van der Waals surface area contributed by atoms with Crippen LogP contribution >= 0.6 is 15.9 Å². The lowest BCUT2D eigenvalue weighted by atomic mass is 10.2. The minimum Gasteiger partial charge on any atom is -0.493 e. The van der Waals surface area contributed by atoms with Gasteiger partial charge in [-0.1, -0.05) is 12.1 Å². The summed E-state index contributed by atoms with van der Waals surface area (Å²) in [4.78, 5) is 23.6. The number of nitrogens with zero attached hydrogens (tertiary/aromatic N) is 1. The van der Waals surface area contributed by atoms with E-state index in [9.17, 15) is 14.0 Å². The van der Waals surface area contributed by atoms with E-state index in [1.54, 1.807) is 18.2 Å². The third kappa shape index (κ3) is 5.78. The Labute approximate surface area is 163 Å². The first-order chi connectivity index (χ1) is 12.9. The van der Waals surface area contributed by atoms with E-state index in [1.807, 2.05) is 0 Å². The van der Waals surface area contributed by atoms with Crippen molar-refractivity contribution in [1.82, 2.24) is 5.43 Å². The largest absolute Gasteiger partial charge is 0.493 e. The van der Waals surface area contributed by atoms with Crippen LogP contribution in [0.15, 0.2) is 46.0 Å². The van der Waals surface area contributed by atoms with Crippen molar-refractivity contribution >= 4 is 39.6 Å². The van der Waals surface area contributed by atoms with Gasteiger partial charge in [-0.05, 0) is 40.2 Å². The molecule has 0 unspecified atom stereocenters. The van der Waals surface area contributed by atoms with Gasteiger partial charge < -0.3 is 14.8 Å². The molecular formula is C18H17BrFN3O4. The van der Waals surface area contributed by atoms with Gasteiger partial charge >= 0.3 is 0 Å². The van der Waals surface area contributed by atoms with Gasteiger partial charge in [-0.2, -0.15) is 5.10 Å². The summed E-state index contributed by atoms with van der Waals surface area (Å²) in [6, 6.07) is 9.05. The van der Waals surface area contributed by atoms with Crippen LogP contribution in [0.5, 0.6) is 11.5 Å². The zero-order valence-corrected chi connectivity index (χ0v) is 16.2. The molecule has 0 aliphatic rings. The number of para-hydroxylation sites is 1. The average molecular weight is 438 g/mol. The van der Waals surface area contributed by atoms with E-state index in [-0.39, 0.29) is 5.69 Å². The molecule has 9 heteroatoms. The van der Waals surface area contributed by atoms with Crippen molar-refractivity contribution in [1.29, 1.82) is 0 Å². The number of ether oxygens (including phenoxy) is 2. The fourth-order valence-corrected chi connectivity index (χ4v) is 2.51. The maximum atomic E-state index is 13.5. The van der Waals surface area contributed by atoms with Gasteiger partial charge in [0.2, 0.25) is 11.8 Å². The molecule has 0 saturated heterocycles. The summed E-state index contributed by atoms with van der Waals surface area (Å²) in [5, 5.41) is 6.13. The average Bonchev–Trinajstić information content (AvgIpc) is 2.64. The number of anilines is 1. The number of amides is 2. The summed E-state index contributed by atoms with van der Waals surface area (Å²) < 4.78 is 24.5. The maximum Gasteiger partial charge on any atom is 0.249 e. The molecule has 2 N–H and O–H groups in total. The first-order valence-electron chi connectivity index (χ1n) is 7.72. The van der Waals surface area contributed by atoms with Crippen molar-refractivity contribution < 1.29 is 23.5 Å². The lowest BCUT2D eigenvalue weighted by molar-refractivity contribution is -0.126. The Kier molecular flexibility index (Phi) is 7.30. The second-order valence-electron chi connectivity index (χ2n) is 5.23. The standard InChI is InChI=1S/C18H17BrFN3O4/c1-26-15-7-11(12(19)8-16(15)27-2)10-21-23-18(25)9-17(24)22-14-6-4-3-5-13(14)20/h3-8,10H,9H2,1-2H3,(H,22,24)(H,23,25). The molecule has 0 aliphatic carbocycles. The summed E-state index contributed by atoms with van der Waals surface area (Å²) in [6.07, 6.45) is 0.886. The van der Waals surface area contributed by atoms with E-state index >= 15 is 0 Å². The number of benzene rings is 2. The van der Waals surface area contributed by atoms with Crippen LogP contribution in [0, 0.1) is 5.82 Å². The van der Waals surface area contributed by atoms with Crippen LogP contribution in [0.2, 0.25) is 0 Å². The van der Waals surface area contributed by atoms with Gasteiger partial charge in [0.1, 0.15) is 12.2 Å². The Morgan fingerprint density at radius 1 is 1.15 bits per heavy atom. The third-order valence-electron chi connectivity index (χ3n) is 3.36. The number of hydrogen-bond acceptors (Lipinski definition) is 5. The smallest absolute Gasteiger partial charge is 0.249 e. The van der Waals surface area contributed by atoms with E-state index < -0.39 is 24.1 Å². The van der Waals surface area contributed by atoms with Gasteiger partial charge in [-0.3, -0.25) is 9.59 Å². The summed E-state index contributed by atoms with van der Waals surface area (Å²) >= 11 is 3.36. The van der Waals surface area contributed by atoms with E-state index in [0.717, 1.165) is 0 Å². The highest BCUT2D eigenvalue weighted by molar-refractivity contribution is 9.10. The monoisotopic (exact) mass is 437 g/mol. The van der Waals surface area contributed by atoms with E-state index in [0.29, 0.717) is 21.5 Å². The van der Waals surface area contributed by atoms with Crippen molar-refractivity contribution in [2.75, 3.05) is 19.5 Å². The highest BCUT2D eigenvalue weighted by Gasteiger charge is 2.11. The van der Waals surface area contributed by atoms with Gasteiger partial charge in [0.15, 0.2) is 11.5 Å². The molecule has 2 aromatic carbocycles. The van der Waals surface area contributed by atoms with Crippen LogP contribution < -0.4 is 20.2 Å². The Bertz CT molecular complexity index is 874. The van der Waals surface area contributed by atoms with E-state index in [2.05, 4.69) is 31.8 Å². The minimum absolute atomic E-state index is 0.00746. The molecule has 0 aromatic heterocycles. The van der Waals surface area contributed by atoms with Crippen molar-refractivity contribution in [2.24, 2.45) is 5.10 Å². The van der Waals surface area contributed by atoms with Gasteiger partial charge in [0.05, 0.1) is 26.1 Å². The van der Waals surface area contributed by atoms with Crippen molar-refractivity contribution in [3.05, 3.63) is 52.3 Å². The van der Waals surface area contributed by atoms with Gasteiger partial charge in [-0.25, -0.2) is 9.82 Å². The molecular weight excluding hydrogens is 421 g/mol. The van der Waals surface area contributed by atoms with E-state index in [4.69, 9.17) is 9.47 Å². The second kappa shape index (κ2) is 9.67. The zero-order chi connectivity index (χ0) is 19.8. The molecule has 0 saturated carbocycles. The number of methoxy groups -OCH3 is 2. The summed E-state index contributed by atoms with van der Waals surface area (Å²) in [5.74, 6) is -0.840. The normalized spacial score (nSPS) is 10.5. The first-order valence-corrected chi connectivity index (χ1v) is 8.51. The number of halogens is 2. The van der Waals surface area contributed by atoms with Gasteiger partial charge in [0.25, 0.3) is 0 Å². The second-order valence-corrected chi connectivity index (χ2v) is 6.08. The molecule has 0 bridgehead atoms. The summed E-state index contributed by atoms with van der Waals surface area (Å²) in [7, 11) is 3.02. The molecule has 0 aliphatic heterocycles. The molecule has 27 heavy (non-hydrogen) atoms. The fraction of sp³-hybridized carbons (Fsp3) is 0.167. The predicted molar refractivity (Wildman–Crippen MR) is 103 cm³/mol. The number of carbonyl (C=O) groups excluding carboxylic acids is 2. The van der Waals surface area contributed by atoms with Gasteiger partial charge in [0, 0.05) is 10.0 Å². The Morgan fingerprint density at radius 3 is 2.48 bits per heavy atom. The molecule has 2 amide bonds. The van der Waals surface area contributed by atoms with Crippen LogP contribution in [-0.2, 0) is 9.59 Å². The van der Waals surface area contributed by atoms with E-state index in [1.165, 1.54) is 38.6 Å². The fourth-order valence-electron chi connectivity index (χ4n) is 2.08. The SMILES string of the molecule is COc1cc(Br)c(C=NNC(=O)CC(=O)Nc2ccccc2F)cc1OC. The lowest BCUT2D eigenvalue weighted by Crippen LogP contribution is -2.25. The first kappa shape index (κ1) is 20.4. The van der Waals surface area contributed by atoms with Crippen LogP contribution in [0.4, 0.5) is 10.1 Å². The Morgan fingerprint density at radius 2 is 1.81 bits per heavy atom. The summed E-state index contributed by atoms with van der Waals surface area (Å²) in [6.45, 7) is 0. The Balaban J connectivity index is 1.93. The molecule has 142 valence electrons. The third-order valence-corrected chi connectivity index (χ3v) is 4.05. The molecule has 0 atom stereocenters. The zero-order valence-electron chi connectivity index (χ0n) is 14.6. The molecule has 0 heterocycles. The minimum atomic E-state index is -0.653. The Hall–Kier alpha value is -2.94. The highest BCUT2D eigenvalue weighted by atomic mass is 79.9. The molecule has 2 aromatic rings. The number of carbonyl (C=O) groups is 2. The summed E-state index contributed by atoms with van der Waals surface area (Å²) in [5.41, 5.74) is 2.87. The number of hydrazone groups is 1. The number of nitrogens with one attached hydrogen (secondary N) is 2. The van der Waals surface area contributed by atoms with Crippen LogP contribution in [-0.4, -0.2) is 32.2 Å². The van der Waals surface area contributed by atoms with Crippen LogP contribution in [0.1, 0.15) is 12.0 Å². The quantitative estimate of drug-likeness (QED) is 0.395. The van der Waals surface area contributed by atoms with Crippen LogP contribution in [0.25, 0.3) is 0 Å².